The minimum absolute atomic E-state index is 0.492. The molecule has 0 radical (unpaired) electrons. The van der Waals surface area contributed by atoms with E-state index in [2.05, 4.69) is 15.9 Å². The van der Waals surface area contributed by atoms with Crippen LogP contribution in [0, 0.1) is 0 Å². The lowest BCUT2D eigenvalue weighted by atomic mass is 10.0. The van der Waals surface area contributed by atoms with E-state index in [1.807, 2.05) is 0 Å². The monoisotopic (exact) mass is 278 g/mol. The number of rotatable bonds is 2. The highest BCUT2D eigenvalue weighted by Crippen LogP contribution is 2.31. The van der Waals surface area contributed by atoms with Gasteiger partial charge in [0.15, 0.2) is 0 Å². The Morgan fingerprint density at radius 3 is 2.57 bits per heavy atom. The number of hydrogen-bond donors (Lipinski definition) is 3. The van der Waals surface area contributed by atoms with Crippen LogP contribution in [0.15, 0.2) is 16.6 Å². The van der Waals surface area contributed by atoms with Crippen molar-refractivity contribution in [3.05, 3.63) is 27.2 Å². The summed E-state index contributed by atoms with van der Waals surface area (Å²) in [5.41, 5.74) is 12.7. The molecule has 0 heterocycles. The Balaban J connectivity index is 3.15. The number of aliphatic hydroxyl groups excluding tert-OH is 1. The number of nitrogen functional groups attached to an aromatic ring is 1. The first-order valence-electron chi connectivity index (χ1n) is 4.11. The fourth-order valence-electron chi connectivity index (χ4n) is 1.13. The van der Waals surface area contributed by atoms with Crippen molar-refractivity contribution in [1.29, 1.82) is 0 Å². The number of aliphatic hydroxyl groups is 1. The molecule has 1 aromatic rings. The zero-order valence-electron chi connectivity index (χ0n) is 7.67. The molecule has 0 aliphatic rings. The van der Waals surface area contributed by atoms with Gasteiger partial charge in [-0.15, -0.1) is 0 Å². The molecule has 0 fully saturated rings. The Bertz CT molecular complexity index is 344. The second-order valence-electron chi connectivity index (χ2n) is 3.16. The Labute approximate surface area is 96.2 Å². The summed E-state index contributed by atoms with van der Waals surface area (Å²) in [6.07, 6.45) is -0.648. The molecule has 0 spiro atoms. The van der Waals surface area contributed by atoms with E-state index in [0.717, 1.165) is 4.47 Å². The minimum Gasteiger partial charge on any atom is -0.398 e. The lowest BCUT2D eigenvalue weighted by Crippen LogP contribution is -2.24. The molecule has 1 rings (SSSR count). The second kappa shape index (κ2) is 4.49. The van der Waals surface area contributed by atoms with Crippen LogP contribution in [0.3, 0.4) is 0 Å². The molecule has 14 heavy (non-hydrogen) atoms. The highest BCUT2D eigenvalue weighted by atomic mass is 79.9. The molecule has 0 aliphatic heterocycles. The first-order chi connectivity index (χ1) is 6.43. The van der Waals surface area contributed by atoms with Crippen molar-refractivity contribution >= 4 is 33.2 Å². The zero-order valence-corrected chi connectivity index (χ0v) is 10.0. The molecule has 0 saturated carbocycles. The second-order valence-corrected chi connectivity index (χ2v) is 4.42. The molecule has 3 nitrogen and oxygen atoms in total. The van der Waals surface area contributed by atoms with Crippen LogP contribution in [0.4, 0.5) is 5.69 Å². The van der Waals surface area contributed by atoms with Gasteiger partial charge in [0.05, 0.1) is 17.2 Å². The molecule has 78 valence electrons. The maximum Gasteiger partial charge on any atom is 0.0705 e. The van der Waals surface area contributed by atoms with Crippen molar-refractivity contribution in [2.45, 2.75) is 19.1 Å². The normalized spacial score (nSPS) is 15.2. The van der Waals surface area contributed by atoms with Crippen LogP contribution in [0.5, 0.6) is 0 Å². The largest absolute Gasteiger partial charge is 0.398 e. The SMILES string of the molecule is C[C@H](O)[C@H](N)c1cc(Br)c(Cl)cc1N. The number of hydrogen-bond acceptors (Lipinski definition) is 3. The van der Waals surface area contributed by atoms with Gasteiger partial charge in [0.2, 0.25) is 0 Å². The lowest BCUT2D eigenvalue weighted by molar-refractivity contribution is 0.164. The molecule has 0 saturated heterocycles. The van der Waals surface area contributed by atoms with Gasteiger partial charge in [0, 0.05) is 10.2 Å². The number of nitrogens with two attached hydrogens (primary N) is 2. The predicted octanol–water partition coefficient (Wildman–Crippen LogP) is 2.07. The molecule has 1 aromatic carbocycles. The van der Waals surface area contributed by atoms with Crippen molar-refractivity contribution in [3.63, 3.8) is 0 Å². The standard InChI is InChI=1S/C9H12BrClN2O/c1-4(14)9(13)5-2-6(10)7(11)3-8(5)12/h2-4,9,14H,12-13H2,1H3/t4-,9-/m0/s1. The Morgan fingerprint density at radius 2 is 2.07 bits per heavy atom. The van der Waals surface area contributed by atoms with E-state index in [-0.39, 0.29) is 0 Å². The zero-order chi connectivity index (χ0) is 10.9. The molecule has 5 heteroatoms. The highest BCUT2D eigenvalue weighted by molar-refractivity contribution is 9.10. The molecule has 5 N–H and O–H groups in total. The third-order valence-electron chi connectivity index (χ3n) is 2.00. The number of benzene rings is 1. The average molecular weight is 280 g/mol. The van der Waals surface area contributed by atoms with Crippen molar-refractivity contribution < 1.29 is 5.11 Å². The summed E-state index contributed by atoms with van der Waals surface area (Å²) in [5, 5.41) is 9.86. The van der Waals surface area contributed by atoms with Crippen LogP contribution in [0.2, 0.25) is 5.02 Å². The lowest BCUT2D eigenvalue weighted by Gasteiger charge is -2.17. The van der Waals surface area contributed by atoms with Crippen LogP contribution >= 0.6 is 27.5 Å². The van der Waals surface area contributed by atoms with E-state index in [9.17, 15) is 5.11 Å². The maximum atomic E-state index is 9.33. The van der Waals surface area contributed by atoms with Crippen LogP contribution in [-0.4, -0.2) is 11.2 Å². The van der Waals surface area contributed by atoms with Crippen LogP contribution in [0.25, 0.3) is 0 Å². The van der Waals surface area contributed by atoms with E-state index in [1.165, 1.54) is 0 Å². The summed E-state index contributed by atoms with van der Waals surface area (Å²) in [6, 6.07) is 2.85. The number of halogens is 2. The molecule has 2 atom stereocenters. The molecule has 0 bridgehead atoms. The van der Waals surface area contributed by atoms with Crippen molar-refractivity contribution in [3.8, 4) is 0 Å². The van der Waals surface area contributed by atoms with E-state index in [0.29, 0.717) is 16.3 Å². The molecule has 0 aliphatic carbocycles. The van der Waals surface area contributed by atoms with Crippen LogP contribution < -0.4 is 11.5 Å². The Morgan fingerprint density at radius 1 is 1.50 bits per heavy atom. The average Bonchev–Trinajstić information content (AvgIpc) is 2.10. The number of anilines is 1. The maximum absolute atomic E-state index is 9.33. The van der Waals surface area contributed by atoms with Gasteiger partial charge in [0.25, 0.3) is 0 Å². The van der Waals surface area contributed by atoms with E-state index >= 15 is 0 Å². The van der Waals surface area contributed by atoms with Gasteiger partial charge in [0.1, 0.15) is 0 Å². The van der Waals surface area contributed by atoms with Gasteiger partial charge in [-0.1, -0.05) is 11.6 Å². The molecular formula is C9H12BrClN2O. The van der Waals surface area contributed by atoms with Crippen molar-refractivity contribution in [1.82, 2.24) is 0 Å². The van der Waals surface area contributed by atoms with E-state index in [4.69, 9.17) is 23.1 Å². The van der Waals surface area contributed by atoms with E-state index in [1.54, 1.807) is 19.1 Å². The molecular weight excluding hydrogens is 267 g/mol. The Hall–Kier alpha value is -0.290. The quantitative estimate of drug-likeness (QED) is 0.726. The van der Waals surface area contributed by atoms with Crippen LogP contribution in [-0.2, 0) is 0 Å². The molecule has 0 amide bonds. The van der Waals surface area contributed by atoms with Crippen LogP contribution in [0.1, 0.15) is 18.5 Å². The summed E-state index contributed by atoms with van der Waals surface area (Å²) >= 11 is 9.11. The van der Waals surface area contributed by atoms with Crippen molar-refractivity contribution in [2.75, 3.05) is 5.73 Å². The minimum atomic E-state index is -0.648. The third-order valence-corrected chi connectivity index (χ3v) is 3.20. The summed E-state index contributed by atoms with van der Waals surface area (Å²) in [7, 11) is 0. The third kappa shape index (κ3) is 2.39. The van der Waals surface area contributed by atoms with Crippen molar-refractivity contribution in [2.24, 2.45) is 5.73 Å². The van der Waals surface area contributed by atoms with Gasteiger partial charge < -0.3 is 16.6 Å². The van der Waals surface area contributed by atoms with Gasteiger partial charge in [-0.25, -0.2) is 0 Å². The summed E-state index contributed by atoms with van der Waals surface area (Å²) in [5.74, 6) is 0. The van der Waals surface area contributed by atoms with Gasteiger partial charge in [-0.05, 0) is 40.5 Å². The molecule has 0 unspecified atom stereocenters. The van der Waals surface area contributed by atoms with Gasteiger partial charge >= 0.3 is 0 Å². The topological polar surface area (TPSA) is 72.3 Å². The first kappa shape index (κ1) is 11.8. The predicted molar refractivity (Wildman–Crippen MR) is 62.2 cm³/mol. The fourth-order valence-corrected chi connectivity index (χ4v) is 1.66. The summed E-state index contributed by atoms with van der Waals surface area (Å²) in [4.78, 5) is 0. The van der Waals surface area contributed by atoms with Gasteiger partial charge in [-0.2, -0.15) is 0 Å². The Kier molecular flexibility index (Phi) is 3.78. The fraction of sp³-hybridized carbons (Fsp3) is 0.333. The van der Waals surface area contributed by atoms with E-state index < -0.39 is 12.1 Å². The first-order valence-corrected chi connectivity index (χ1v) is 5.28. The summed E-state index contributed by atoms with van der Waals surface area (Å²) < 4.78 is 0.722. The summed E-state index contributed by atoms with van der Waals surface area (Å²) in [6.45, 7) is 1.62. The molecule has 0 aromatic heterocycles. The highest BCUT2D eigenvalue weighted by Gasteiger charge is 2.16. The van der Waals surface area contributed by atoms with Gasteiger partial charge in [-0.3, -0.25) is 0 Å². The smallest absolute Gasteiger partial charge is 0.0705 e.